The van der Waals surface area contributed by atoms with Crippen LogP contribution in [0.3, 0.4) is 0 Å². The summed E-state index contributed by atoms with van der Waals surface area (Å²) in [6.45, 7) is 4.39. The summed E-state index contributed by atoms with van der Waals surface area (Å²) < 4.78 is 0. The summed E-state index contributed by atoms with van der Waals surface area (Å²) in [6.07, 6.45) is 0.760. The van der Waals surface area contributed by atoms with Crippen LogP contribution in [0, 0.1) is 11.3 Å². The molecule has 0 aromatic heterocycles. The minimum absolute atomic E-state index is 0.0962. The average molecular weight is 292 g/mol. The molecular formula is C20H24N2. The molecule has 1 unspecified atom stereocenters. The Morgan fingerprint density at radius 3 is 1.91 bits per heavy atom. The Hall–Kier alpha value is -2.27. The molecule has 0 fully saturated rings. The lowest BCUT2D eigenvalue weighted by Crippen LogP contribution is -2.08. The van der Waals surface area contributed by atoms with Gasteiger partial charge in [-0.05, 0) is 41.2 Å². The van der Waals surface area contributed by atoms with Crippen molar-refractivity contribution in [2.75, 3.05) is 19.0 Å². The van der Waals surface area contributed by atoms with Crippen LogP contribution < -0.4 is 4.90 Å². The van der Waals surface area contributed by atoms with E-state index in [2.05, 4.69) is 73.3 Å². The molecule has 22 heavy (non-hydrogen) atoms. The van der Waals surface area contributed by atoms with Crippen molar-refractivity contribution in [3.63, 3.8) is 0 Å². The van der Waals surface area contributed by atoms with Crippen molar-refractivity contribution < 1.29 is 0 Å². The van der Waals surface area contributed by atoms with E-state index in [1.165, 1.54) is 11.1 Å². The molecular weight excluding hydrogens is 268 g/mol. The minimum Gasteiger partial charge on any atom is -0.378 e. The van der Waals surface area contributed by atoms with E-state index in [0.29, 0.717) is 5.92 Å². The van der Waals surface area contributed by atoms with E-state index in [9.17, 15) is 5.26 Å². The van der Waals surface area contributed by atoms with Crippen molar-refractivity contribution >= 4 is 5.69 Å². The Bertz CT molecular complexity index is 631. The fourth-order valence-corrected chi connectivity index (χ4v) is 2.52. The summed E-state index contributed by atoms with van der Waals surface area (Å²) in [5.41, 5.74) is 4.79. The highest BCUT2D eigenvalue weighted by molar-refractivity contribution is 5.47. The van der Waals surface area contributed by atoms with Crippen molar-refractivity contribution in [2.45, 2.75) is 32.1 Å². The fraction of sp³-hybridized carbons (Fsp3) is 0.350. The van der Waals surface area contributed by atoms with Gasteiger partial charge in [-0.2, -0.15) is 5.26 Å². The lowest BCUT2D eigenvalue weighted by molar-refractivity contribution is 0.838. The zero-order chi connectivity index (χ0) is 16.1. The largest absolute Gasteiger partial charge is 0.378 e. The monoisotopic (exact) mass is 292 g/mol. The summed E-state index contributed by atoms with van der Waals surface area (Å²) in [5.74, 6) is 0.445. The van der Waals surface area contributed by atoms with E-state index >= 15 is 0 Å². The van der Waals surface area contributed by atoms with E-state index in [1.54, 1.807) is 0 Å². The Balaban J connectivity index is 2.13. The molecule has 0 aliphatic rings. The van der Waals surface area contributed by atoms with E-state index in [0.717, 1.165) is 17.7 Å². The number of benzene rings is 2. The highest BCUT2D eigenvalue weighted by Crippen LogP contribution is 2.24. The predicted octanol–water partition coefficient (Wildman–Crippen LogP) is 4.73. The Morgan fingerprint density at radius 1 is 0.909 bits per heavy atom. The zero-order valence-electron chi connectivity index (χ0n) is 13.9. The molecule has 2 rings (SSSR count). The van der Waals surface area contributed by atoms with Crippen LogP contribution in [0.4, 0.5) is 5.69 Å². The molecule has 2 nitrogen and oxygen atoms in total. The second kappa shape index (κ2) is 7.13. The lowest BCUT2D eigenvalue weighted by Gasteiger charge is -2.15. The molecule has 0 saturated heterocycles. The predicted molar refractivity (Wildman–Crippen MR) is 93.4 cm³/mol. The quantitative estimate of drug-likeness (QED) is 0.797. The van der Waals surface area contributed by atoms with Gasteiger partial charge < -0.3 is 4.90 Å². The number of rotatable bonds is 5. The molecule has 2 aromatic rings. The van der Waals surface area contributed by atoms with Crippen LogP contribution in [0.5, 0.6) is 0 Å². The van der Waals surface area contributed by atoms with Crippen LogP contribution in [-0.4, -0.2) is 14.1 Å². The first-order valence-electron chi connectivity index (χ1n) is 7.77. The van der Waals surface area contributed by atoms with Gasteiger partial charge in [-0.3, -0.25) is 0 Å². The molecule has 0 N–H and O–H groups in total. The summed E-state index contributed by atoms with van der Waals surface area (Å²) >= 11 is 0. The Kier molecular flexibility index (Phi) is 5.22. The molecule has 0 heterocycles. The normalized spacial score (nSPS) is 12.0. The highest BCUT2D eigenvalue weighted by atomic mass is 15.1. The molecule has 0 aliphatic heterocycles. The maximum Gasteiger partial charge on any atom is 0.0753 e. The molecule has 0 radical (unpaired) electrons. The van der Waals surface area contributed by atoms with Gasteiger partial charge in [0.15, 0.2) is 0 Å². The molecule has 0 aliphatic carbocycles. The molecule has 0 spiro atoms. The van der Waals surface area contributed by atoms with Gasteiger partial charge in [-0.1, -0.05) is 50.2 Å². The third kappa shape index (κ3) is 3.89. The van der Waals surface area contributed by atoms with Gasteiger partial charge in [0.05, 0.1) is 12.0 Å². The fourth-order valence-electron chi connectivity index (χ4n) is 2.52. The van der Waals surface area contributed by atoms with E-state index in [4.69, 9.17) is 0 Å². The second-order valence-electron chi connectivity index (χ2n) is 6.27. The van der Waals surface area contributed by atoms with Crippen LogP contribution in [0.2, 0.25) is 0 Å². The van der Waals surface area contributed by atoms with Gasteiger partial charge in [0.2, 0.25) is 0 Å². The third-order valence-electron chi connectivity index (χ3n) is 4.05. The summed E-state index contributed by atoms with van der Waals surface area (Å²) in [7, 11) is 4.04. The zero-order valence-corrected chi connectivity index (χ0v) is 13.9. The van der Waals surface area contributed by atoms with Gasteiger partial charge in [-0.15, -0.1) is 0 Å². The number of anilines is 1. The summed E-state index contributed by atoms with van der Waals surface area (Å²) in [6, 6.07) is 19.3. The smallest absolute Gasteiger partial charge is 0.0753 e. The third-order valence-corrected chi connectivity index (χ3v) is 4.05. The highest BCUT2D eigenvalue weighted by Gasteiger charge is 2.12. The van der Waals surface area contributed by atoms with Crippen LogP contribution >= 0.6 is 0 Å². The molecule has 2 heteroatoms. The summed E-state index contributed by atoms with van der Waals surface area (Å²) in [5, 5.41) is 9.50. The van der Waals surface area contributed by atoms with Crippen molar-refractivity contribution in [2.24, 2.45) is 0 Å². The number of hydrogen-bond acceptors (Lipinski definition) is 2. The van der Waals surface area contributed by atoms with E-state index in [-0.39, 0.29) is 5.92 Å². The van der Waals surface area contributed by atoms with Crippen molar-refractivity contribution in [1.29, 1.82) is 5.26 Å². The lowest BCUT2D eigenvalue weighted by atomic mass is 9.92. The van der Waals surface area contributed by atoms with Crippen molar-refractivity contribution in [3.05, 3.63) is 65.2 Å². The first kappa shape index (κ1) is 16.1. The summed E-state index contributed by atoms with van der Waals surface area (Å²) in [4.78, 5) is 2.07. The van der Waals surface area contributed by atoms with Crippen LogP contribution in [0.15, 0.2) is 48.5 Å². The Labute approximate surface area is 134 Å². The first-order valence-corrected chi connectivity index (χ1v) is 7.77. The molecule has 1 atom stereocenters. The van der Waals surface area contributed by atoms with Crippen molar-refractivity contribution in [1.82, 2.24) is 0 Å². The topological polar surface area (TPSA) is 27.0 Å². The van der Waals surface area contributed by atoms with Gasteiger partial charge >= 0.3 is 0 Å². The first-order chi connectivity index (χ1) is 10.5. The molecule has 0 saturated carbocycles. The minimum atomic E-state index is -0.0962. The van der Waals surface area contributed by atoms with Gasteiger partial charge in [0, 0.05) is 19.8 Å². The maximum absolute atomic E-state index is 9.50. The van der Waals surface area contributed by atoms with E-state index < -0.39 is 0 Å². The maximum atomic E-state index is 9.50. The molecule has 114 valence electrons. The van der Waals surface area contributed by atoms with Crippen LogP contribution in [0.25, 0.3) is 0 Å². The van der Waals surface area contributed by atoms with Crippen LogP contribution in [0.1, 0.15) is 42.4 Å². The molecule has 0 bridgehead atoms. The SMILES string of the molecule is CC(C)c1ccc(CC(C#N)c2ccc(N(C)C)cc2)cc1. The number of nitrogens with zero attached hydrogens (tertiary/aromatic N) is 2. The van der Waals surface area contributed by atoms with Gasteiger partial charge in [0.25, 0.3) is 0 Å². The van der Waals surface area contributed by atoms with Crippen molar-refractivity contribution in [3.8, 4) is 6.07 Å². The standard InChI is InChI=1S/C20H24N2/c1-15(2)17-7-5-16(6-8-17)13-19(14-21)18-9-11-20(12-10-18)22(3)4/h5-12,15,19H,13H2,1-4H3. The molecule has 2 aromatic carbocycles. The van der Waals surface area contributed by atoms with Gasteiger partial charge in [0.1, 0.15) is 0 Å². The van der Waals surface area contributed by atoms with Gasteiger partial charge in [-0.25, -0.2) is 0 Å². The molecule has 0 amide bonds. The average Bonchev–Trinajstić information content (AvgIpc) is 2.53. The number of nitriles is 1. The van der Waals surface area contributed by atoms with Crippen LogP contribution in [-0.2, 0) is 6.42 Å². The second-order valence-corrected chi connectivity index (χ2v) is 6.27. The Morgan fingerprint density at radius 2 is 1.45 bits per heavy atom. The number of hydrogen-bond donors (Lipinski definition) is 0. The van der Waals surface area contributed by atoms with E-state index in [1.807, 2.05) is 14.1 Å².